The molecule has 0 spiro atoms. The molecule has 2 aromatic carbocycles. The largest absolute Gasteiger partial charge is 0.385 e. The van der Waals surface area contributed by atoms with Gasteiger partial charge in [0.1, 0.15) is 0 Å². The van der Waals surface area contributed by atoms with Gasteiger partial charge in [-0.15, -0.1) is 24.0 Å². The molecule has 32 heavy (non-hydrogen) atoms. The number of rotatable bonds is 12. The van der Waals surface area contributed by atoms with Crippen LogP contribution in [0.15, 0.2) is 59.6 Å². The summed E-state index contributed by atoms with van der Waals surface area (Å²) in [5.41, 5.74) is 3.92. The van der Waals surface area contributed by atoms with Gasteiger partial charge >= 0.3 is 0 Å². The fourth-order valence-corrected chi connectivity index (χ4v) is 3.97. The Morgan fingerprint density at radius 1 is 0.969 bits per heavy atom. The number of halogens is 1. The maximum absolute atomic E-state index is 5.88. The van der Waals surface area contributed by atoms with Crippen molar-refractivity contribution < 1.29 is 9.47 Å². The highest BCUT2D eigenvalue weighted by atomic mass is 127. The van der Waals surface area contributed by atoms with Crippen molar-refractivity contribution in [2.24, 2.45) is 10.4 Å². The molecule has 0 atom stereocenters. The van der Waals surface area contributed by atoms with E-state index < -0.39 is 0 Å². The molecule has 3 rings (SSSR count). The summed E-state index contributed by atoms with van der Waals surface area (Å²) < 4.78 is 11.2. The van der Waals surface area contributed by atoms with Crippen LogP contribution >= 0.6 is 24.0 Å². The molecular weight excluding hydrogens is 513 g/mol. The van der Waals surface area contributed by atoms with Crippen LogP contribution in [-0.4, -0.2) is 32.8 Å². The Labute approximate surface area is 210 Å². The summed E-state index contributed by atoms with van der Waals surface area (Å²) in [7, 11) is 1.78. The lowest BCUT2D eigenvalue weighted by atomic mass is 9.67. The van der Waals surface area contributed by atoms with Gasteiger partial charge in [0, 0.05) is 26.8 Å². The summed E-state index contributed by atoms with van der Waals surface area (Å²) in [5, 5.41) is 6.95. The molecule has 0 aliphatic heterocycles. The lowest BCUT2D eigenvalue weighted by Crippen LogP contribution is -2.46. The van der Waals surface area contributed by atoms with E-state index in [1.54, 1.807) is 7.11 Å². The monoisotopic (exact) mass is 551 g/mol. The number of hydrogen-bond acceptors (Lipinski definition) is 3. The van der Waals surface area contributed by atoms with E-state index >= 15 is 0 Å². The molecule has 5 nitrogen and oxygen atoms in total. The van der Waals surface area contributed by atoms with E-state index in [4.69, 9.17) is 14.5 Å². The molecule has 1 saturated carbocycles. The predicted molar refractivity (Wildman–Crippen MR) is 142 cm³/mol. The molecule has 0 bridgehead atoms. The Hall–Kier alpha value is -1.64. The Bertz CT molecular complexity index is 810. The fraction of sp³-hybridized carbons (Fsp3) is 0.500. The number of guanidine groups is 1. The Kier molecular flexibility index (Phi) is 12.1. The lowest BCUT2D eigenvalue weighted by molar-refractivity contribution is 0.0732. The van der Waals surface area contributed by atoms with E-state index in [-0.39, 0.29) is 24.0 Å². The Morgan fingerprint density at radius 2 is 1.69 bits per heavy atom. The van der Waals surface area contributed by atoms with Crippen LogP contribution in [0, 0.1) is 5.41 Å². The van der Waals surface area contributed by atoms with Gasteiger partial charge in [-0.1, -0.05) is 61.0 Å². The van der Waals surface area contributed by atoms with Crippen LogP contribution in [-0.2, 0) is 29.2 Å². The minimum Gasteiger partial charge on any atom is -0.385 e. The van der Waals surface area contributed by atoms with Gasteiger partial charge in [-0.2, -0.15) is 0 Å². The van der Waals surface area contributed by atoms with Gasteiger partial charge in [0.2, 0.25) is 0 Å². The van der Waals surface area contributed by atoms with E-state index in [1.165, 1.54) is 36.0 Å². The van der Waals surface area contributed by atoms with Crippen LogP contribution in [0.25, 0.3) is 0 Å². The smallest absolute Gasteiger partial charge is 0.191 e. The number of ether oxygens (including phenoxy) is 2. The molecule has 176 valence electrons. The maximum Gasteiger partial charge on any atom is 0.191 e. The van der Waals surface area contributed by atoms with E-state index in [9.17, 15) is 0 Å². The van der Waals surface area contributed by atoms with Crippen molar-refractivity contribution in [3.63, 3.8) is 0 Å². The average Bonchev–Trinajstić information content (AvgIpc) is 2.77. The third kappa shape index (κ3) is 8.71. The molecule has 2 aromatic rings. The molecule has 0 amide bonds. The lowest BCUT2D eigenvalue weighted by Gasteiger charge is -2.42. The summed E-state index contributed by atoms with van der Waals surface area (Å²) in [6.45, 7) is 6.61. The van der Waals surface area contributed by atoms with Crippen molar-refractivity contribution in [2.75, 3.05) is 26.8 Å². The molecule has 0 aromatic heterocycles. The van der Waals surface area contributed by atoms with Crippen LogP contribution in [0.4, 0.5) is 0 Å². The number of nitrogens with one attached hydrogen (secondary N) is 2. The van der Waals surface area contributed by atoms with Gasteiger partial charge in [0.15, 0.2) is 5.96 Å². The number of aliphatic imine (C=N–C) groups is 1. The maximum atomic E-state index is 5.88. The second kappa shape index (κ2) is 14.5. The number of nitrogens with zero attached hydrogens (tertiary/aromatic N) is 1. The van der Waals surface area contributed by atoms with E-state index in [0.29, 0.717) is 25.2 Å². The zero-order chi connectivity index (χ0) is 21.8. The van der Waals surface area contributed by atoms with Crippen LogP contribution in [0.1, 0.15) is 49.3 Å². The highest BCUT2D eigenvalue weighted by Gasteiger charge is 2.36. The number of hydrogen-bond donors (Lipinski definition) is 2. The number of benzene rings is 2. The van der Waals surface area contributed by atoms with Gasteiger partial charge < -0.3 is 20.1 Å². The van der Waals surface area contributed by atoms with Crippen LogP contribution in [0.3, 0.4) is 0 Å². The van der Waals surface area contributed by atoms with Crippen molar-refractivity contribution in [1.82, 2.24) is 10.6 Å². The van der Waals surface area contributed by atoms with Crippen molar-refractivity contribution in [2.45, 2.75) is 52.4 Å². The molecule has 1 fully saturated rings. The molecular formula is C26H38IN3O2. The minimum absolute atomic E-state index is 0. The molecule has 0 unspecified atom stereocenters. The van der Waals surface area contributed by atoms with Crippen LogP contribution in [0.2, 0.25) is 0 Å². The van der Waals surface area contributed by atoms with Gasteiger partial charge in [0.25, 0.3) is 0 Å². The second-order valence-corrected chi connectivity index (χ2v) is 8.44. The first-order valence-corrected chi connectivity index (χ1v) is 11.4. The average molecular weight is 552 g/mol. The van der Waals surface area contributed by atoms with Gasteiger partial charge in [-0.25, -0.2) is 4.99 Å². The number of methoxy groups -OCH3 is 1. The third-order valence-electron chi connectivity index (χ3n) is 6.02. The molecule has 0 radical (unpaired) electrons. The van der Waals surface area contributed by atoms with E-state index in [0.717, 1.165) is 32.1 Å². The highest BCUT2D eigenvalue weighted by molar-refractivity contribution is 14.0. The van der Waals surface area contributed by atoms with Crippen molar-refractivity contribution >= 4 is 29.9 Å². The Morgan fingerprint density at radius 3 is 2.38 bits per heavy atom. The minimum atomic E-state index is 0. The molecule has 1 aliphatic rings. The summed E-state index contributed by atoms with van der Waals surface area (Å²) in [6, 6.07) is 18.8. The van der Waals surface area contributed by atoms with E-state index in [2.05, 4.69) is 54.0 Å². The standard InChI is InChI=1S/C26H37N3O2.HI/c1-3-27-25(29-21-26(13-8-14-26)15-16-30-2)28-18-23-11-7-12-24(17-23)20-31-19-22-9-5-4-6-10-22;/h4-7,9-12,17H,3,8,13-16,18-21H2,1-2H3,(H2,27,28,29);1H. The Balaban J connectivity index is 0.00000363. The summed E-state index contributed by atoms with van der Waals surface area (Å²) in [4.78, 5) is 4.82. The van der Waals surface area contributed by atoms with Crippen molar-refractivity contribution in [3.8, 4) is 0 Å². The normalized spacial score (nSPS) is 14.9. The van der Waals surface area contributed by atoms with Crippen molar-refractivity contribution in [1.29, 1.82) is 0 Å². The quantitative estimate of drug-likeness (QED) is 0.214. The van der Waals surface area contributed by atoms with Crippen molar-refractivity contribution in [3.05, 3.63) is 71.3 Å². The summed E-state index contributed by atoms with van der Waals surface area (Å²) in [6.07, 6.45) is 4.97. The molecule has 2 N–H and O–H groups in total. The first-order chi connectivity index (χ1) is 15.2. The summed E-state index contributed by atoms with van der Waals surface area (Å²) in [5.74, 6) is 0.886. The molecule has 1 aliphatic carbocycles. The zero-order valence-electron chi connectivity index (χ0n) is 19.4. The third-order valence-corrected chi connectivity index (χ3v) is 6.02. The SMILES string of the molecule is CCNC(=NCc1cccc(COCc2ccccc2)c1)NCC1(CCOC)CCC1.I. The van der Waals surface area contributed by atoms with Crippen LogP contribution in [0.5, 0.6) is 0 Å². The van der Waals surface area contributed by atoms with Gasteiger partial charge in [-0.05, 0) is 48.3 Å². The fourth-order valence-electron chi connectivity index (χ4n) is 3.97. The molecule has 0 saturated heterocycles. The van der Waals surface area contributed by atoms with Crippen LogP contribution < -0.4 is 10.6 Å². The highest BCUT2D eigenvalue weighted by Crippen LogP contribution is 2.43. The topological polar surface area (TPSA) is 54.9 Å². The van der Waals surface area contributed by atoms with E-state index in [1.807, 2.05) is 18.2 Å². The zero-order valence-corrected chi connectivity index (χ0v) is 21.8. The predicted octanol–water partition coefficient (Wildman–Crippen LogP) is 5.28. The first-order valence-electron chi connectivity index (χ1n) is 11.4. The molecule has 0 heterocycles. The second-order valence-electron chi connectivity index (χ2n) is 8.44. The first kappa shape index (κ1) is 26.6. The van der Waals surface area contributed by atoms with Gasteiger partial charge in [-0.3, -0.25) is 0 Å². The summed E-state index contributed by atoms with van der Waals surface area (Å²) >= 11 is 0. The van der Waals surface area contributed by atoms with Gasteiger partial charge in [0.05, 0.1) is 19.8 Å². The molecule has 6 heteroatoms.